The smallest absolute Gasteiger partial charge is 0.241 e. The second-order valence-corrected chi connectivity index (χ2v) is 7.52. The highest BCUT2D eigenvalue weighted by Gasteiger charge is 2.12. The number of aryl methyl sites for hydroxylation is 2. The fourth-order valence-corrected chi connectivity index (χ4v) is 3.23. The molecular weight excluding hydrogens is 400 g/mol. The lowest BCUT2D eigenvalue weighted by molar-refractivity contribution is 0.0918. The van der Waals surface area contributed by atoms with Crippen LogP contribution in [0.2, 0.25) is 0 Å². The number of carbonyl (C=O) groups excluding carboxylic acids is 1. The Balaban J connectivity index is 1.60. The summed E-state index contributed by atoms with van der Waals surface area (Å²) < 4.78 is 11.1. The van der Waals surface area contributed by atoms with Crippen LogP contribution in [0, 0.1) is 13.8 Å². The Hall–Kier alpha value is -3.99. The van der Waals surface area contributed by atoms with Crippen LogP contribution in [0.4, 0.5) is 0 Å². The van der Waals surface area contributed by atoms with Gasteiger partial charge in [-0.15, -0.1) is 0 Å². The molecule has 0 saturated heterocycles. The minimum Gasteiger partial charge on any atom is -0.497 e. The van der Waals surface area contributed by atoms with Crippen molar-refractivity contribution in [2.45, 2.75) is 13.8 Å². The van der Waals surface area contributed by atoms with Gasteiger partial charge in [0.1, 0.15) is 11.4 Å². The van der Waals surface area contributed by atoms with Crippen LogP contribution in [0.5, 0.6) is 11.6 Å². The number of rotatable bonds is 7. The van der Waals surface area contributed by atoms with E-state index in [1.165, 1.54) is 0 Å². The first-order valence-corrected chi connectivity index (χ1v) is 10.4. The van der Waals surface area contributed by atoms with Gasteiger partial charge in [0.15, 0.2) is 12.4 Å². The van der Waals surface area contributed by atoms with E-state index in [0.717, 1.165) is 28.0 Å². The highest BCUT2D eigenvalue weighted by atomic mass is 16.5. The molecule has 0 spiro atoms. The van der Waals surface area contributed by atoms with Gasteiger partial charge in [-0.2, -0.15) is 0 Å². The predicted molar refractivity (Wildman–Crippen MR) is 127 cm³/mol. The summed E-state index contributed by atoms with van der Waals surface area (Å²) in [7, 11) is 1.64. The standard InChI is InChI=1S/C27H24N2O3/c1-18-8-12-21(16-19(18)2)26(30)17-32-27-25(28-23-6-4-5-7-24(23)29-27)15-11-20-9-13-22(31-3)14-10-20/h4-16H,17H2,1-3H3/b15-11-. The van der Waals surface area contributed by atoms with Crippen LogP contribution < -0.4 is 9.47 Å². The van der Waals surface area contributed by atoms with Gasteiger partial charge >= 0.3 is 0 Å². The maximum atomic E-state index is 12.7. The van der Waals surface area contributed by atoms with Gasteiger partial charge in [0.2, 0.25) is 5.88 Å². The molecule has 0 radical (unpaired) electrons. The molecule has 0 amide bonds. The van der Waals surface area contributed by atoms with E-state index >= 15 is 0 Å². The summed E-state index contributed by atoms with van der Waals surface area (Å²) in [5, 5.41) is 0. The Bertz CT molecular complexity index is 1290. The number of fused-ring (bicyclic) bond motifs is 1. The highest BCUT2D eigenvalue weighted by molar-refractivity contribution is 5.97. The molecule has 0 aliphatic heterocycles. The molecule has 160 valence electrons. The van der Waals surface area contributed by atoms with Gasteiger partial charge in [0, 0.05) is 5.56 Å². The monoisotopic (exact) mass is 424 g/mol. The molecule has 0 bridgehead atoms. The molecule has 32 heavy (non-hydrogen) atoms. The topological polar surface area (TPSA) is 61.3 Å². The molecule has 5 heteroatoms. The van der Waals surface area contributed by atoms with Crippen LogP contribution in [-0.2, 0) is 0 Å². The Morgan fingerprint density at radius 1 is 0.875 bits per heavy atom. The van der Waals surface area contributed by atoms with Gasteiger partial charge in [-0.05, 0) is 66.9 Å². The SMILES string of the molecule is COc1ccc(/C=C\c2nc3ccccc3nc2OCC(=O)c2ccc(C)c(C)c2)cc1. The number of methoxy groups -OCH3 is 1. The molecule has 0 unspecified atom stereocenters. The largest absolute Gasteiger partial charge is 0.497 e. The van der Waals surface area contributed by atoms with E-state index in [2.05, 4.69) is 4.98 Å². The van der Waals surface area contributed by atoms with Crippen LogP contribution in [0.15, 0.2) is 66.7 Å². The zero-order valence-electron chi connectivity index (χ0n) is 18.3. The van der Waals surface area contributed by atoms with Crippen LogP contribution in [0.1, 0.15) is 32.7 Å². The lowest BCUT2D eigenvalue weighted by Crippen LogP contribution is -2.13. The van der Waals surface area contributed by atoms with Crippen molar-refractivity contribution in [3.63, 3.8) is 0 Å². The molecule has 0 atom stereocenters. The second kappa shape index (κ2) is 9.43. The molecule has 0 N–H and O–H groups in total. The molecule has 0 saturated carbocycles. The highest BCUT2D eigenvalue weighted by Crippen LogP contribution is 2.22. The van der Waals surface area contributed by atoms with Crippen molar-refractivity contribution >= 4 is 29.0 Å². The Labute approximate surface area is 187 Å². The van der Waals surface area contributed by atoms with Crippen LogP contribution in [-0.4, -0.2) is 29.5 Å². The van der Waals surface area contributed by atoms with Crippen molar-refractivity contribution in [3.8, 4) is 11.6 Å². The zero-order chi connectivity index (χ0) is 22.5. The summed E-state index contributed by atoms with van der Waals surface area (Å²) in [6, 6.07) is 20.9. The molecule has 4 rings (SSSR count). The van der Waals surface area contributed by atoms with Gasteiger partial charge in [-0.3, -0.25) is 4.79 Å². The Morgan fingerprint density at radius 2 is 1.59 bits per heavy atom. The van der Waals surface area contributed by atoms with Crippen molar-refractivity contribution in [3.05, 3.63) is 94.7 Å². The molecule has 5 nitrogen and oxygen atoms in total. The Morgan fingerprint density at radius 3 is 2.28 bits per heavy atom. The first-order chi connectivity index (χ1) is 15.5. The summed E-state index contributed by atoms with van der Waals surface area (Å²) in [5.74, 6) is 1.01. The maximum Gasteiger partial charge on any atom is 0.241 e. The van der Waals surface area contributed by atoms with E-state index in [-0.39, 0.29) is 12.4 Å². The number of carbonyl (C=O) groups is 1. The van der Waals surface area contributed by atoms with Gasteiger partial charge in [0.25, 0.3) is 0 Å². The number of benzene rings is 3. The van der Waals surface area contributed by atoms with Gasteiger partial charge in [-0.1, -0.05) is 42.5 Å². The molecule has 1 heterocycles. The number of ether oxygens (including phenoxy) is 2. The summed E-state index contributed by atoms with van der Waals surface area (Å²) in [4.78, 5) is 22.0. The number of para-hydroxylation sites is 2. The molecule has 4 aromatic rings. The van der Waals surface area contributed by atoms with E-state index in [4.69, 9.17) is 14.5 Å². The minimum absolute atomic E-state index is 0.104. The van der Waals surface area contributed by atoms with Crippen molar-refractivity contribution in [2.75, 3.05) is 13.7 Å². The van der Waals surface area contributed by atoms with Gasteiger partial charge < -0.3 is 9.47 Å². The van der Waals surface area contributed by atoms with E-state index in [0.29, 0.717) is 22.7 Å². The number of ketones is 1. The van der Waals surface area contributed by atoms with E-state index < -0.39 is 0 Å². The molecular formula is C27H24N2O3. The summed E-state index contributed by atoms with van der Waals surface area (Å²) in [6.07, 6.45) is 3.77. The lowest BCUT2D eigenvalue weighted by atomic mass is 10.0. The third-order valence-electron chi connectivity index (χ3n) is 5.28. The summed E-state index contributed by atoms with van der Waals surface area (Å²) in [5.41, 5.74) is 5.86. The first-order valence-electron chi connectivity index (χ1n) is 10.4. The lowest BCUT2D eigenvalue weighted by Gasteiger charge is -2.10. The third-order valence-corrected chi connectivity index (χ3v) is 5.28. The third kappa shape index (κ3) is 4.83. The maximum absolute atomic E-state index is 12.7. The van der Waals surface area contributed by atoms with Gasteiger partial charge in [-0.25, -0.2) is 9.97 Å². The molecule has 1 aromatic heterocycles. The summed E-state index contributed by atoms with van der Waals surface area (Å²) >= 11 is 0. The quantitative estimate of drug-likeness (QED) is 0.357. The fraction of sp³-hybridized carbons (Fsp3) is 0.148. The van der Waals surface area contributed by atoms with E-state index in [1.54, 1.807) is 7.11 Å². The van der Waals surface area contributed by atoms with Crippen molar-refractivity contribution < 1.29 is 14.3 Å². The normalized spacial score (nSPS) is 11.1. The number of hydrogen-bond donors (Lipinski definition) is 0. The first kappa shape index (κ1) is 21.2. The molecule has 3 aromatic carbocycles. The minimum atomic E-state index is -0.112. The summed E-state index contributed by atoms with van der Waals surface area (Å²) in [6.45, 7) is 3.90. The zero-order valence-corrected chi connectivity index (χ0v) is 18.3. The van der Waals surface area contributed by atoms with E-state index in [9.17, 15) is 4.79 Å². The Kier molecular flexibility index (Phi) is 6.26. The number of aromatic nitrogens is 2. The van der Waals surface area contributed by atoms with Crippen molar-refractivity contribution in [1.29, 1.82) is 0 Å². The molecule has 0 fully saturated rings. The van der Waals surface area contributed by atoms with Crippen LogP contribution in [0.3, 0.4) is 0 Å². The number of Topliss-reactive ketones (excluding diaryl/α,β-unsaturated/α-hetero) is 1. The molecule has 0 aliphatic rings. The second-order valence-electron chi connectivity index (χ2n) is 7.52. The average Bonchev–Trinajstić information content (AvgIpc) is 2.82. The van der Waals surface area contributed by atoms with Crippen LogP contribution >= 0.6 is 0 Å². The van der Waals surface area contributed by atoms with Crippen molar-refractivity contribution in [2.24, 2.45) is 0 Å². The van der Waals surface area contributed by atoms with Crippen LogP contribution in [0.25, 0.3) is 23.2 Å². The number of hydrogen-bond acceptors (Lipinski definition) is 5. The van der Waals surface area contributed by atoms with Crippen molar-refractivity contribution in [1.82, 2.24) is 9.97 Å². The van der Waals surface area contributed by atoms with E-state index in [1.807, 2.05) is 92.7 Å². The molecule has 0 aliphatic carbocycles. The predicted octanol–water partition coefficient (Wildman–Crippen LogP) is 5.69. The number of nitrogens with zero attached hydrogens (tertiary/aromatic N) is 2. The fourth-order valence-electron chi connectivity index (χ4n) is 3.23. The average molecular weight is 425 g/mol. The van der Waals surface area contributed by atoms with Gasteiger partial charge in [0.05, 0.1) is 18.1 Å².